The molecule has 35 heavy (non-hydrogen) atoms. The van der Waals surface area contributed by atoms with Crippen molar-refractivity contribution in [3.63, 3.8) is 0 Å². The van der Waals surface area contributed by atoms with Gasteiger partial charge in [-0.2, -0.15) is 0 Å². The van der Waals surface area contributed by atoms with Gasteiger partial charge in [0.2, 0.25) is 0 Å². The maximum atomic E-state index is 12.2. The van der Waals surface area contributed by atoms with Gasteiger partial charge in [-0.15, -0.1) is 12.8 Å². The molecular formula is C32H46N2O. The summed E-state index contributed by atoms with van der Waals surface area (Å²) < 4.78 is 0. The SMILES string of the molecule is C#C.C/C=C\C(=C/C)C(/C=C(C(C)=O)/C(C)=C/c1ccc(C)cc1C)=NC.CCCN1CCCC1. The van der Waals surface area contributed by atoms with Crippen LogP contribution in [0.15, 0.2) is 64.2 Å². The molecule has 0 amide bonds. The first-order valence-electron chi connectivity index (χ1n) is 12.6. The molecule has 2 rings (SSSR count). The first kappa shape index (κ1) is 32.0. The van der Waals surface area contributed by atoms with Crippen LogP contribution in [0.2, 0.25) is 0 Å². The maximum absolute atomic E-state index is 12.2. The zero-order chi connectivity index (χ0) is 26.8. The van der Waals surface area contributed by atoms with Crippen LogP contribution in [0.1, 0.15) is 70.6 Å². The van der Waals surface area contributed by atoms with Crippen LogP contribution in [0.3, 0.4) is 0 Å². The number of Topliss-reactive ketones (excluding diaryl/α,β-unsaturated/α-hetero) is 1. The Kier molecular flexibility index (Phi) is 16.8. The molecule has 3 nitrogen and oxygen atoms in total. The standard InChI is InChI=1S/C23H29NO.C7H15N.C2H2/c1-8-10-20(9-2)23(24-7)15-22(19(6)25)18(5)14-21-12-11-16(3)13-17(21)4;1-2-5-8-6-3-4-7-8;1-2/h8-15H,1-7H3;2-7H2,1H3;1-2H/b10-8-,18-14+,20-9+,22-15-,24-23?;;. The molecule has 1 fully saturated rings. The van der Waals surface area contributed by atoms with E-state index in [-0.39, 0.29) is 5.78 Å². The predicted molar refractivity (Wildman–Crippen MR) is 156 cm³/mol. The molecule has 0 spiro atoms. The third kappa shape index (κ3) is 11.8. The van der Waals surface area contributed by atoms with E-state index in [1.54, 1.807) is 14.0 Å². The van der Waals surface area contributed by atoms with Crippen molar-refractivity contribution in [3.8, 4) is 12.8 Å². The summed E-state index contributed by atoms with van der Waals surface area (Å²) in [5.74, 6) is 0.0376. The van der Waals surface area contributed by atoms with Crippen LogP contribution in [0.25, 0.3) is 6.08 Å². The third-order valence-corrected chi connectivity index (χ3v) is 5.81. The topological polar surface area (TPSA) is 32.7 Å². The Morgan fingerprint density at radius 3 is 2.20 bits per heavy atom. The van der Waals surface area contributed by atoms with E-state index in [9.17, 15) is 4.79 Å². The summed E-state index contributed by atoms with van der Waals surface area (Å²) in [5.41, 5.74) is 7.00. The van der Waals surface area contributed by atoms with Gasteiger partial charge < -0.3 is 4.90 Å². The highest BCUT2D eigenvalue weighted by Crippen LogP contribution is 2.20. The minimum Gasteiger partial charge on any atom is -0.303 e. The van der Waals surface area contributed by atoms with Crippen molar-refractivity contribution < 1.29 is 4.79 Å². The number of benzene rings is 1. The van der Waals surface area contributed by atoms with Crippen LogP contribution in [0.4, 0.5) is 0 Å². The van der Waals surface area contributed by atoms with E-state index >= 15 is 0 Å². The zero-order valence-electron chi connectivity index (χ0n) is 23.3. The Morgan fingerprint density at radius 2 is 1.74 bits per heavy atom. The van der Waals surface area contributed by atoms with Gasteiger partial charge >= 0.3 is 0 Å². The summed E-state index contributed by atoms with van der Waals surface area (Å²) in [6.07, 6.45) is 22.1. The zero-order valence-corrected chi connectivity index (χ0v) is 23.3. The summed E-state index contributed by atoms with van der Waals surface area (Å²) in [7, 11) is 1.75. The van der Waals surface area contributed by atoms with Gasteiger partial charge in [0, 0.05) is 12.6 Å². The molecule has 1 aliphatic rings. The number of carbonyl (C=O) groups excluding carboxylic acids is 1. The number of hydrogen-bond acceptors (Lipinski definition) is 3. The first-order valence-corrected chi connectivity index (χ1v) is 12.6. The van der Waals surface area contributed by atoms with Crippen molar-refractivity contribution in [3.05, 3.63) is 75.9 Å². The molecule has 0 aromatic heterocycles. The molecule has 1 aromatic carbocycles. The lowest BCUT2D eigenvalue weighted by Crippen LogP contribution is -2.19. The smallest absolute Gasteiger partial charge is 0.160 e. The van der Waals surface area contributed by atoms with Crippen LogP contribution >= 0.6 is 0 Å². The Hall–Kier alpha value is -2.96. The Morgan fingerprint density at radius 1 is 1.11 bits per heavy atom. The Balaban J connectivity index is 0.000000961. The number of terminal acetylenes is 1. The number of aryl methyl sites for hydroxylation is 2. The Labute approximate surface area is 215 Å². The number of aliphatic imine (C=N–C) groups is 1. The number of likely N-dealkylation sites (tertiary alicyclic amines) is 1. The van der Waals surface area contributed by atoms with Crippen molar-refractivity contribution in [2.45, 2.75) is 67.7 Å². The molecule has 0 aliphatic carbocycles. The highest BCUT2D eigenvalue weighted by atomic mass is 16.1. The molecule has 1 aromatic rings. The van der Waals surface area contributed by atoms with Gasteiger partial charge in [0.05, 0.1) is 5.71 Å². The van der Waals surface area contributed by atoms with Crippen molar-refractivity contribution >= 4 is 17.6 Å². The average molecular weight is 475 g/mol. The van der Waals surface area contributed by atoms with Crippen molar-refractivity contribution in [1.29, 1.82) is 0 Å². The van der Waals surface area contributed by atoms with E-state index in [2.05, 4.69) is 67.8 Å². The highest BCUT2D eigenvalue weighted by molar-refractivity contribution is 6.15. The van der Waals surface area contributed by atoms with Gasteiger partial charge in [-0.1, -0.05) is 55.0 Å². The van der Waals surface area contributed by atoms with Crippen molar-refractivity contribution in [2.24, 2.45) is 4.99 Å². The van der Waals surface area contributed by atoms with E-state index in [4.69, 9.17) is 0 Å². The van der Waals surface area contributed by atoms with Crippen LogP contribution < -0.4 is 0 Å². The van der Waals surface area contributed by atoms with E-state index in [1.807, 2.05) is 45.1 Å². The number of carbonyl (C=O) groups is 1. The van der Waals surface area contributed by atoms with Gasteiger partial charge in [0.15, 0.2) is 5.78 Å². The molecule has 3 heteroatoms. The lowest BCUT2D eigenvalue weighted by molar-refractivity contribution is -0.113. The fourth-order valence-corrected chi connectivity index (χ4v) is 4.04. The van der Waals surface area contributed by atoms with Crippen molar-refractivity contribution in [1.82, 2.24) is 4.90 Å². The minimum absolute atomic E-state index is 0.0376. The van der Waals surface area contributed by atoms with Crippen LogP contribution in [0.5, 0.6) is 0 Å². The summed E-state index contributed by atoms with van der Waals surface area (Å²) in [4.78, 5) is 19.1. The summed E-state index contributed by atoms with van der Waals surface area (Å²) in [6.45, 7) is 18.0. The molecule has 0 radical (unpaired) electrons. The summed E-state index contributed by atoms with van der Waals surface area (Å²) in [5, 5.41) is 0. The lowest BCUT2D eigenvalue weighted by Gasteiger charge is -2.11. The van der Waals surface area contributed by atoms with Gasteiger partial charge in [0.1, 0.15) is 0 Å². The molecule has 0 atom stereocenters. The molecule has 0 saturated carbocycles. The highest BCUT2D eigenvalue weighted by Gasteiger charge is 2.11. The minimum atomic E-state index is 0.0376. The second-order valence-electron chi connectivity index (χ2n) is 8.70. The first-order chi connectivity index (χ1) is 16.8. The van der Waals surface area contributed by atoms with E-state index in [0.29, 0.717) is 5.57 Å². The molecule has 1 heterocycles. The largest absolute Gasteiger partial charge is 0.303 e. The maximum Gasteiger partial charge on any atom is 0.160 e. The molecule has 0 unspecified atom stereocenters. The summed E-state index contributed by atoms with van der Waals surface area (Å²) in [6, 6.07) is 6.34. The van der Waals surface area contributed by atoms with Crippen LogP contribution in [0, 0.1) is 26.7 Å². The van der Waals surface area contributed by atoms with Gasteiger partial charge in [0.25, 0.3) is 0 Å². The van der Waals surface area contributed by atoms with Crippen LogP contribution in [-0.2, 0) is 4.79 Å². The fraction of sp³-hybridized carbons (Fsp3) is 0.438. The Bertz CT molecular complexity index is 965. The predicted octanol–water partition coefficient (Wildman–Crippen LogP) is 7.56. The molecular weight excluding hydrogens is 428 g/mol. The quantitative estimate of drug-likeness (QED) is 0.169. The molecule has 1 saturated heterocycles. The van der Waals surface area contributed by atoms with Crippen molar-refractivity contribution in [2.75, 3.05) is 26.7 Å². The average Bonchev–Trinajstić information content (AvgIpc) is 3.35. The molecule has 0 bridgehead atoms. The fourth-order valence-electron chi connectivity index (χ4n) is 4.04. The van der Waals surface area contributed by atoms with Gasteiger partial charge in [-0.25, -0.2) is 0 Å². The van der Waals surface area contributed by atoms with E-state index in [1.165, 1.54) is 50.0 Å². The lowest BCUT2D eigenvalue weighted by atomic mass is 9.96. The molecule has 190 valence electrons. The second-order valence-corrected chi connectivity index (χ2v) is 8.70. The van der Waals surface area contributed by atoms with E-state index < -0.39 is 0 Å². The number of hydrogen-bond donors (Lipinski definition) is 0. The summed E-state index contributed by atoms with van der Waals surface area (Å²) >= 11 is 0. The molecule has 0 N–H and O–H groups in total. The molecule has 1 aliphatic heterocycles. The number of allylic oxidation sites excluding steroid dienone is 7. The van der Waals surface area contributed by atoms with Crippen LogP contribution in [-0.4, -0.2) is 43.1 Å². The second kappa shape index (κ2) is 18.4. The normalized spacial score (nSPS) is 15.4. The van der Waals surface area contributed by atoms with E-state index in [0.717, 1.165) is 22.4 Å². The monoisotopic (exact) mass is 474 g/mol. The third-order valence-electron chi connectivity index (χ3n) is 5.81. The number of ketones is 1. The van der Waals surface area contributed by atoms with Gasteiger partial charge in [-0.3, -0.25) is 9.79 Å². The van der Waals surface area contributed by atoms with Gasteiger partial charge in [-0.05, 0) is 109 Å². The number of rotatable bonds is 8. The number of nitrogens with zero attached hydrogens (tertiary/aromatic N) is 2.